The molecular weight excluding hydrogens is 392 g/mol. The number of rotatable bonds is 6. The first kappa shape index (κ1) is 19.9. The number of phenolic OH excluding ortho intramolecular Hbond substituents is 1. The molecule has 30 heavy (non-hydrogen) atoms. The van der Waals surface area contributed by atoms with Crippen LogP contribution in [0.3, 0.4) is 0 Å². The Hall–Kier alpha value is -3.37. The van der Waals surface area contributed by atoms with Gasteiger partial charge in [0.25, 0.3) is 0 Å². The number of thiophene rings is 1. The molecule has 0 unspecified atom stereocenters. The van der Waals surface area contributed by atoms with E-state index in [1.807, 2.05) is 74.5 Å². The van der Waals surface area contributed by atoms with Crippen LogP contribution in [0.1, 0.15) is 40.2 Å². The summed E-state index contributed by atoms with van der Waals surface area (Å²) in [6.45, 7) is 4.02. The smallest absolute Gasteiger partial charge is 0.207 e. The highest BCUT2D eigenvalue weighted by atomic mass is 32.1. The number of hydrogen-bond donors (Lipinski definition) is 1. The minimum atomic E-state index is -0.0614. The van der Waals surface area contributed by atoms with Gasteiger partial charge >= 0.3 is 0 Å². The average Bonchev–Trinajstić information content (AvgIpc) is 3.12. The number of fused-ring (bicyclic) bond motifs is 1. The van der Waals surface area contributed by atoms with Crippen molar-refractivity contribution in [3.63, 3.8) is 0 Å². The van der Waals surface area contributed by atoms with E-state index >= 15 is 0 Å². The van der Waals surface area contributed by atoms with Gasteiger partial charge in [-0.15, -0.1) is 11.3 Å². The molecule has 4 heteroatoms. The number of benzene rings is 3. The molecule has 0 saturated heterocycles. The molecule has 1 heterocycles. The second-order valence-electron chi connectivity index (χ2n) is 6.95. The molecule has 0 saturated carbocycles. The zero-order valence-electron chi connectivity index (χ0n) is 16.9. The maximum atomic E-state index is 13.5. The van der Waals surface area contributed by atoms with Crippen molar-refractivity contribution in [1.29, 1.82) is 0 Å². The highest BCUT2D eigenvalue weighted by Crippen LogP contribution is 2.43. The van der Waals surface area contributed by atoms with Crippen molar-refractivity contribution in [2.75, 3.05) is 0 Å². The molecule has 0 aliphatic carbocycles. The zero-order chi connectivity index (χ0) is 21.1. The molecule has 0 fully saturated rings. The topological polar surface area (TPSA) is 46.5 Å². The number of aryl methyl sites for hydroxylation is 1. The van der Waals surface area contributed by atoms with E-state index in [1.165, 1.54) is 11.3 Å². The molecule has 1 N–H and O–H groups in total. The lowest BCUT2D eigenvalue weighted by Gasteiger charge is -2.10. The van der Waals surface area contributed by atoms with E-state index in [0.717, 1.165) is 27.6 Å². The fraction of sp³-hybridized carbons (Fsp3) is 0.115. The van der Waals surface area contributed by atoms with Gasteiger partial charge in [0, 0.05) is 15.6 Å². The van der Waals surface area contributed by atoms with Gasteiger partial charge in [-0.25, -0.2) is 0 Å². The second-order valence-corrected chi connectivity index (χ2v) is 8.00. The van der Waals surface area contributed by atoms with E-state index in [0.29, 0.717) is 21.9 Å². The molecule has 3 aromatic carbocycles. The summed E-state index contributed by atoms with van der Waals surface area (Å²) in [6.07, 6.45) is 4.77. The fourth-order valence-electron chi connectivity index (χ4n) is 3.44. The average molecular weight is 415 g/mol. The molecule has 4 rings (SSSR count). The van der Waals surface area contributed by atoms with Crippen LogP contribution < -0.4 is 4.74 Å². The first-order valence-corrected chi connectivity index (χ1v) is 10.7. The first-order chi connectivity index (χ1) is 14.6. The third kappa shape index (κ3) is 3.87. The van der Waals surface area contributed by atoms with E-state index < -0.39 is 0 Å². The number of ether oxygens (including phenoxy) is 1. The van der Waals surface area contributed by atoms with Gasteiger partial charge in [0.1, 0.15) is 16.4 Å². The zero-order valence-corrected chi connectivity index (χ0v) is 17.7. The molecular formula is C26H22O3S. The fourth-order valence-corrected chi connectivity index (χ4v) is 4.56. The van der Waals surface area contributed by atoms with Crippen molar-refractivity contribution in [1.82, 2.24) is 0 Å². The number of allylic oxidation sites excluding steroid dienone is 1. The highest BCUT2D eigenvalue weighted by molar-refractivity contribution is 7.21. The Kier molecular flexibility index (Phi) is 5.68. The summed E-state index contributed by atoms with van der Waals surface area (Å²) in [5.74, 6) is 1.30. The van der Waals surface area contributed by atoms with Crippen LogP contribution in [-0.4, -0.2) is 10.9 Å². The lowest BCUT2D eigenvalue weighted by molar-refractivity contribution is 0.104. The molecule has 0 radical (unpaired) electrons. The van der Waals surface area contributed by atoms with Crippen LogP contribution in [0.15, 0.2) is 72.8 Å². The number of carbonyl (C=O) groups is 1. The van der Waals surface area contributed by atoms with Gasteiger partial charge < -0.3 is 9.84 Å². The van der Waals surface area contributed by atoms with E-state index in [1.54, 1.807) is 18.2 Å². The Labute approximate surface area is 179 Å². The predicted molar refractivity (Wildman–Crippen MR) is 124 cm³/mol. The first-order valence-electron chi connectivity index (χ1n) is 9.89. The van der Waals surface area contributed by atoms with Crippen molar-refractivity contribution in [2.24, 2.45) is 0 Å². The van der Waals surface area contributed by atoms with Crippen molar-refractivity contribution >= 4 is 33.3 Å². The van der Waals surface area contributed by atoms with Crippen LogP contribution in [0.25, 0.3) is 16.2 Å². The monoisotopic (exact) mass is 414 g/mol. The maximum Gasteiger partial charge on any atom is 0.207 e. The van der Waals surface area contributed by atoms with Gasteiger partial charge in [0.05, 0.1) is 0 Å². The largest absolute Gasteiger partial charge is 0.508 e. The third-order valence-electron chi connectivity index (χ3n) is 4.94. The molecule has 0 aliphatic heterocycles. The summed E-state index contributed by atoms with van der Waals surface area (Å²) >= 11 is 1.35. The quantitative estimate of drug-likeness (QED) is 0.339. The van der Waals surface area contributed by atoms with E-state index in [2.05, 4.69) is 0 Å². The van der Waals surface area contributed by atoms with Crippen LogP contribution in [0.2, 0.25) is 0 Å². The number of phenols is 1. The van der Waals surface area contributed by atoms with E-state index in [-0.39, 0.29) is 11.5 Å². The molecule has 3 nitrogen and oxygen atoms in total. The van der Waals surface area contributed by atoms with E-state index in [9.17, 15) is 9.90 Å². The third-order valence-corrected chi connectivity index (χ3v) is 6.07. The Morgan fingerprint density at radius 2 is 1.83 bits per heavy atom. The molecule has 0 bridgehead atoms. The molecule has 0 atom stereocenters. The Morgan fingerprint density at radius 3 is 2.57 bits per heavy atom. The number of aromatic hydroxyl groups is 1. The standard InChI is InChI=1S/C26H22O3S/c1-3-7-17-10-13-20(14-11-17)29-25-22-15-12-19(27)16-23(22)30-26(25)24(28)21-9-6-5-8-18(21)4-2/h3,5-16,27H,4H2,1-2H3/b7-3+. The lowest BCUT2D eigenvalue weighted by Crippen LogP contribution is -2.04. The van der Waals surface area contributed by atoms with Gasteiger partial charge in [-0.2, -0.15) is 0 Å². The van der Waals surface area contributed by atoms with Crippen molar-refractivity contribution in [3.8, 4) is 17.2 Å². The summed E-state index contributed by atoms with van der Waals surface area (Å²) in [5.41, 5.74) is 2.77. The summed E-state index contributed by atoms with van der Waals surface area (Å²) in [6, 6.07) is 20.5. The number of carbonyl (C=O) groups excluding carboxylic acids is 1. The van der Waals surface area contributed by atoms with Crippen molar-refractivity contribution < 1.29 is 14.6 Å². The summed E-state index contributed by atoms with van der Waals surface area (Å²) in [4.78, 5) is 14.0. The molecule has 4 aromatic rings. The van der Waals surface area contributed by atoms with Gasteiger partial charge in [-0.3, -0.25) is 4.79 Å². The minimum absolute atomic E-state index is 0.0614. The van der Waals surface area contributed by atoms with Gasteiger partial charge in [-0.1, -0.05) is 55.5 Å². The molecule has 0 amide bonds. The van der Waals surface area contributed by atoms with Crippen LogP contribution in [0.4, 0.5) is 0 Å². The Bertz CT molecular complexity index is 1230. The van der Waals surface area contributed by atoms with Crippen LogP contribution in [-0.2, 0) is 6.42 Å². The summed E-state index contributed by atoms with van der Waals surface area (Å²) in [7, 11) is 0. The highest BCUT2D eigenvalue weighted by Gasteiger charge is 2.23. The van der Waals surface area contributed by atoms with E-state index in [4.69, 9.17) is 4.74 Å². The van der Waals surface area contributed by atoms with Crippen LogP contribution >= 0.6 is 11.3 Å². The number of hydrogen-bond acceptors (Lipinski definition) is 4. The molecule has 1 aromatic heterocycles. The van der Waals surface area contributed by atoms with Gasteiger partial charge in [0.2, 0.25) is 5.78 Å². The van der Waals surface area contributed by atoms with Gasteiger partial charge in [-0.05, 0) is 54.8 Å². The predicted octanol–water partition coefficient (Wildman–Crippen LogP) is 7.23. The SMILES string of the molecule is C/C=C/c1ccc(Oc2c(C(=O)c3ccccc3CC)sc3cc(O)ccc23)cc1. The van der Waals surface area contributed by atoms with Crippen LogP contribution in [0, 0.1) is 0 Å². The number of ketones is 1. The normalized spacial score (nSPS) is 11.3. The maximum absolute atomic E-state index is 13.5. The lowest BCUT2D eigenvalue weighted by atomic mass is 10.0. The van der Waals surface area contributed by atoms with Gasteiger partial charge in [0.15, 0.2) is 5.75 Å². The van der Waals surface area contributed by atoms with Crippen molar-refractivity contribution in [3.05, 3.63) is 94.4 Å². The Morgan fingerprint density at radius 1 is 1.07 bits per heavy atom. The molecule has 0 aliphatic rings. The van der Waals surface area contributed by atoms with Crippen molar-refractivity contribution in [2.45, 2.75) is 20.3 Å². The Balaban J connectivity index is 1.82. The van der Waals surface area contributed by atoms with Crippen LogP contribution in [0.5, 0.6) is 17.2 Å². The molecule has 150 valence electrons. The summed E-state index contributed by atoms with van der Waals surface area (Å²) < 4.78 is 7.05. The minimum Gasteiger partial charge on any atom is -0.508 e. The molecule has 0 spiro atoms. The summed E-state index contributed by atoms with van der Waals surface area (Å²) in [5, 5.41) is 10.7. The second kappa shape index (κ2) is 8.56.